The van der Waals surface area contributed by atoms with Crippen LogP contribution in [-0.2, 0) is 0 Å². The van der Waals surface area contributed by atoms with Crippen molar-refractivity contribution < 1.29 is 5.11 Å². The standard InChI is InChI=1S/C6H6.C2H7NO.2C2H4/c1-2-4-6-5-3-1;1-2(3)4;2*1-2/h1-6H;2,4H,3H2,1H3;2*1-2H2. The van der Waals surface area contributed by atoms with Gasteiger partial charge in [0, 0.05) is 0 Å². The summed E-state index contributed by atoms with van der Waals surface area (Å²) in [6.45, 7) is 13.5. The summed E-state index contributed by atoms with van der Waals surface area (Å²) in [6.07, 6.45) is -0.667. The lowest BCUT2D eigenvalue weighted by atomic mass is 10.4. The quantitative estimate of drug-likeness (QED) is 0.493. The summed E-state index contributed by atoms with van der Waals surface area (Å²) in [5, 5.41) is 7.83. The van der Waals surface area contributed by atoms with Crippen LogP contribution in [0.3, 0.4) is 0 Å². The highest BCUT2D eigenvalue weighted by Crippen LogP contribution is 1.79. The smallest absolute Gasteiger partial charge is 0.0991 e. The van der Waals surface area contributed by atoms with E-state index in [9.17, 15) is 0 Å². The lowest BCUT2D eigenvalue weighted by Crippen LogP contribution is -2.11. The Morgan fingerprint density at radius 2 is 0.929 bits per heavy atom. The Bertz CT molecular complexity index is 132. The molecule has 0 aromatic heterocycles. The average molecular weight is 195 g/mol. The molecule has 0 aliphatic heterocycles. The zero-order chi connectivity index (χ0) is 11.8. The van der Waals surface area contributed by atoms with Crippen LogP contribution in [0.4, 0.5) is 0 Å². The summed E-state index contributed by atoms with van der Waals surface area (Å²) < 4.78 is 0. The van der Waals surface area contributed by atoms with E-state index in [1.165, 1.54) is 6.92 Å². The fourth-order valence-corrected chi connectivity index (χ4v) is 0.385. The Kier molecular flexibility index (Phi) is 29.7. The van der Waals surface area contributed by atoms with Crippen LogP contribution in [-0.4, -0.2) is 11.3 Å². The maximum Gasteiger partial charge on any atom is 0.0991 e. The van der Waals surface area contributed by atoms with Gasteiger partial charge in [-0.15, -0.1) is 26.3 Å². The second-order valence-corrected chi connectivity index (χ2v) is 1.90. The zero-order valence-electron chi connectivity index (χ0n) is 8.89. The van der Waals surface area contributed by atoms with E-state index >= 15 is 0 Å². The Morgan fingerprint density at radius 1 is 0.857 bits per heavy atom. The summed E-state index contributed by atoms with van der Waals surface area (Å²) in [6, 6.07) is 12.0. The van der Waals surface area contributed by atoms with Crippen molar-refractivity contribution in [3.05, 3.63) is 62.7 Å². The molecule has 0 aliphatic rings. The van der Waals surface area contributed by atoms with Crippen LogP contribution < -0.4 is 5.73 Å². The number of benzene rings is 1. The number of nitrogens with two attached hydrogens (primary N) is 1. The van der Waals surface area contributed by atoms with Gasteiger partial charge < -0.3 is 10.8 Å². The molecule has 0 bridgehead atoms. The fraction of sp³-hybridized carbons (Fsp3) is 0.167. The van der Waals surface area contributed by atoms with E-state index in [0.29, 0.717) is 0 Å². The predicted octanol–water partition coefficient (Wildman–Crippen LogP) is 2.57. The van der Waals surface area contributed by atoms with Gasteiger partial charge in [0.1, 0.15) is 0 Å². The largest absolute Gasteiger partial charge is 0.379 e. The summed E-state index contributed by atoms with van der Waals surface area (Å²) in [7, 11) is 0. The van der Waals surface area contributed by atoms with E-state index in [2.05, 4.69) is 32.0 Å². The third kappa shape index (κ3) is 46.0. The maximum absolute atomic E-state index is 7.83. The van der Waals surface area contributed by atoms with Gasteiger partial charge in [0.2, 0.25) is 0 Å². The highest BCUT2D eigenvalue weighted by Gasteiger charge is 1.68. The van der Waals surface area contributed by atoms with Crippen molar-refractivity contribution in [2.24, 2.45) is 5.73 Å². The third-order valence-electron chi connectivity index (χ3n) is 0.667. The van der Waals surface area contributed by atoms with Gasteiger partial charge in [-0.25, -0.2) is 0 Å². The number of hydrogen-bond acceptors (Lipinski definition) is 2. The highest BCUT2D eigenvalue weighted by atomic mass is 16.3. The van der Waals surface area contributed by atoms with E-state index in [1.807, 2.05) is 36.4 Å². The molecule has 0 spiro atoms. The average Bonchev–Trinajstić information content (AvgIpc) is 2.25. The normalized spacial score (nSPS) is 8.50. The molecule has 1 atom stereocenters. The first kappa shape index (κ1) is 18.4. The predicted molar refractivity (Wildman–Crippen MR) is 64.8 cm³/mol. The first-order chi connectivity index (χ1) is 6.73. The van der Waals surface area contributed by atoms with E-state index in [1.54, 1.807) is 0 Å². The molecule has 0 aliphatic carbocycles. The number of aliphatic hydroxyl groups is 1. The second kappa shape index (κ2) is 22.6. The first-order valence-corrected chi connectivity index (χ1v) is 4.17. The Hall–Kier alpha value is -1.38. The van der Waals surface area contributed by atoms with E-state index in [4.69, 9.17) is 5.11 Å². The van der Waals surface area contributed by atoms with E-state index in [-0.39, 0.29) is 0 Å². The highest BCUT2D eigenvalue weighted by molar-refractivity contribution is 4.99. The van der Waals surface area contributed by atoms with Crippen LogP contribution in [0.2, 0.25) is 0 Å². The minimum atomic E-state index is -0.667. The molecule has 0 radical (unpaired) electrons. The molecule has 0 amide bonds. The summed E-state index contributed by atoms with van der Waals surface area (Å²) in [5.74, 6) is 0. The number of hydrogen-bond donors (Lipinski definition) is 2. The van der Waals surface area contributed by atoms with Crippen LogP contribution in [0.1, 0.15) is 6.92 Å². The van der Waals surface area contributed by atoms with Crippen molar-refractivity contribution >= 4 is 0 Å². The van der Waals surface area contributed by atoms with E-state index < -0.39 is 6.23 Å². The van der Waals surface area contributed by atoms with Crippen molar-refractivity contribution in [2.45, 2.75) is 13.2 Å². The van der Waals surface area contributed by atoms with Gasteiger partial charge in [0.05, 0.1) is 6.23 Å². The summed E-state index contributed by atoms with van der Waals surface area (Å²) >= 11 is 0. The fourth-order valence-electron chi connectivity index (χ4n) is 0.385. The number of aliphatic hydroxyl groups excluding tert-OH is 1. The third-order valence-corrected chi connectivity index (χ3v) is 0.667. The molecule has 1 aromatic rings. The molecule has 14 heavy (non-hydrogen) atoms. The van der Waals surface area contributed by atoms with Crippen molar-refractivity contribution in [3.8, 4) is 0 Å². The molecule has 0 saturated heterocycles. The van der Waals surface area contributed by atoms with Crippen LogP contribution in [0, 0.1) is 0 Å². The van der Waals surface area contributed by atoms with E-state index in [0.717, 1.165) is 0 Å². The van der Waals surface area contributed by atoms with Crippen LogP contribution in [0.5, 0.6) is 0 Å². The molecular formula is C12H21NO. The second-order valence-electron chi connectivity index (χ2n) is 1.90. The Morgan fingerprint density at radius 3 is 1.00 bits per heavy atom. The Labute approximate surface area is 87.4 Å². The molecule has 0 fully saturated rings. The van der Waals surface area contributed by atoms with Crippen molar-refractivity contribution in [1.82, 2.24) is 0 Å². The SMILES string of the molecule is C=C.C=C.CC(N)O.c1ccccc1. The van der Waals surface area contributed by atoms with Gasteiger partial charge in [0.25, 0.3) is 0 Å². The molecule has 0 heterocycles. The van der Waals surface area contributed by atoms with Gasteiger partial charge in [0.15, 0.2) is 0 Å². The van der Waals surface area contributed by atoms with Crippen molar-refractivity contribution in [3.63, 3.8) is 0 Å². The molecule has 0 saturated carbocycles. The lowest BCUT2D eigenvalue weighted by Gasteiger charge is -1.82. The van der Waals surface area contributed by atoms with Gasteiger partial charge in [-0.05, 0) is 6.92 Å². The molecular weight excluding hydrogens is 174 g/mol. The van der Waals surface area contributed by atoms with Crippen LogP contribution >= 0.6 is 0 Å². The van der Waals surface area contributed by atoms with Gasteiger partial charge in [-0.2, -0.15) is 0 Å². The first-order valence-electron chi connectivity index (χ1n) is 4.17. The zero-order valence-corrected chi connectivity index (χ0v) is 8.89. The lowest BCUT2D eigenvalue weighted by molar-refractivity contribution is 0.203. The van der Waals surface area contributed by atoms with Gasteiger partial charge in [-0.1, -0.05) is 36.4 Å². The topological polar surface area (TPSA) is 46.2 Å². The monoisotopic (exact) mass is 195 g/mol. The molecule has 3 N–H and O–H groups in total. The summed E-state index contributed by atoms with van der Waals surface area (Å²) in [4.78, 5) is 0. The Balaban J connectivity index is -0.000000134. The van der Waals surface area contributed by atoms with Crippen LogP contribution in [0.15, 0.2) is 62.7 Å². The minimum absolute atomic E-state index is 0.667. The summed E-state index contributed by atoms with van der Waals surface area (Å²) in [5.41, 5.74) is 4.67. The molecule has 1 aromatic carbocycles. The minimum Gasteiger partial charge on any atom is -0.379 e. The van der Waals surface area contributed by atoms with Gasteiger partial charge >= 0.3 is 0 Å². The molecule has 1 unspecified atom stereocenters. The molecule has 2 heteroatoms. The molecule has 80 valence electrons. The molecule has 1 rings (SSSR count). The number of rotatable bonds is 0. The molecule has 2 nitrogen and oxygen atoms in total. The van der Waals surface area contributed by atoms with Crippen molar-refractivity contribution in [1.29, 1.82) is 0 Å². The van der Waals surface area contributed by atoms with Gasteiger partial charge in [-0.3, -0.25) is 0 Å². The van der Waals surface area contributed by atoms with Crippen molar-refractivity contribution in [2.75, 3.05) is 0 Å². The van der Waals surface area contributed by atoms with Crippen LogP contribution in [0.25, 0.3) is 0 Å². The maximum atomic E-state index is 7.83.